The summed E-state index contributed by atoms with van der Waals surface area (Å²) in [5, 5.41) is 2.85. The zero-order valence-electron chi connectivity index (χ0n) is 15.2. The average molecular weight is 441 g/mol. The van der Waals surface area contributed by atoms with Crippen molar-refractivity contribution in [2.45, 2.75) is 52.9 Å². The second kappa shape index (κ2) is 12.2. The van der Waals surface area contributed by atoms with Gasteiger partial charge in [0.05, 0.1) is 0 Å². The molecule has 24 heavy (non-hydrogen) atoms. The number of aryl methyl sites for hydroxylation is 1. The number of allylic oxidation sites excluding steroid dienone is 4. The molecule has 0 spiro atoms. The second-order valence-electron chi connectivity index (χ2n) is 6.46. The maximum Gasteiger partial charge on any atom is 4.00 e. The van der Waals surface area contributed by atoms with E-state index in [1.54, 1.807) is 0 Å². The van der Waals surface area contributed by atoms with E-state index in [1.165, 1.54) is 27.5 Å². The van der Waals surface area contributed by atoms with Gasteiger partial charge < -0.3 is 24.8 Å². The largest absolute Gasteiger partial charge is 4.00 e. The standard InChI is InChI=1S/C16H21.C5H5.2ClH.Zr/c1-10(2)13-8-14-6-12(5)7-16(14)15(9-13)11(3)4;1-2-4-5-3-1;;;/h6-11H,1-5H3;1-3H,4H2;2*1H;/q2*-1;;;+4/p-2. The van der Waals surface area contributed by atoms with Gasteiger partial charge in [0.25, 0.3) is 0 Å². The quantitative estimate of drug-likeness (QED) is 0.594. The van der Waals surface area contributed by atoms with Gasteiger partial charge in [-0.3, -0.25) is 6.08 Å². The first-order chi connectivity index (χ1) is 9.99. The number of hydrogen-bond acceptors (Lipinski definition) is 0. The van der Waals surface area contributed by atoms with Crippen molar-refractivity contribution in [2.24, 2.45) is 0 Å². The fourth-order valence-corrected chi connectivity index (χ4v) is 2.67. The van der Waals surface area contributed by atoms with Crippen molar-refractivity contribution in [3.63, 3.8) is 0 Å². The number of rotatable bonds is 2. The van der Waals surface area contributed by atoms with Crippen LogP contribution in [0.15, 0.2) is 42.5 Å². The maximum atomic E-state index is 2.99. The van der Waals surface area contributed by atoms with Gasteiger partial charge in [0.1, 0.15) is 0 Å². The predicted molar refractivity (Wildman–Crippen MR) is 94.0 cm³/mol. The van der Waals surface area contributed by atoms with Gasteiger partial charge in [-0.1, -0.05) is 51.8 Å². The summed E-state index contributed by atoms with van der Waals surface area (Å²) in [6, 6.07) is 9.35. The second-order valence-corrected chi connectivity index (χ2v) is 6.46. The van der Waals surface area contributed by atoms with E-state index < -0.39 is 0 Å². The molecule has 1 aliphatic carbocycles. The molecular weight excluding hydrogens is 414 g/mol. The van der Waals surface area contributed by atoms with Crippen LogP contribution in [0.2, 0.25) is 0 Å². The van der Waals surface area contributed by atoms with Crippen LogP contribution in [0.4, 0.5) is 0 Å². The summed E-state index contributed by atoms with van der Waals surface area (Å²) in [6.07, 6.45) is 10.0. The fraction of sp³-hybridized carbons (Fsp3) is 0.381. The Morgan fingerprint density at radius 3 is 2.08 bits per heavy atom. The fourth-order valence-electron chi connectivity index (χ4n) is 2.67. The van der Waals surface area contributed by atoms with Crippen LogP contribution in [0.3, 0.4) is 0 Å². The SMILES string of the molecule is Cc1cc2c(C(C)C)cc(C(C)C)cc2[cH-]1.[C-]1=CC=CC1.[Cl-].[Cl-].[Zr+4]. The molecule has 0 radical (unpaired) electrons. The number of fused-ring (bicyclic) bond motifs is 1. The third-order valence-electron chi connectivity index (χ3n) is 3.90. The molecule has 0 atom stereocenters. The van der Waals surface area contributed by atoms with Crippen molar-refractivity contribution < 1.29 is 51.0 Å². The molecule has 0 aliphatic heterocycles. The van der Waals surface area contributed by atoms with E-state index >= 15 is 0 Å². The van der Waals surface area contributed by atoms with Crippen LogP contribution < -0.4 is 24.8 Å². The summed E-state index contributed by atoms with van der Waals surface area (Å²) in [7, 11) is 0. The first-order valence-corrected chi connectivity index (χ1v) is 7.91. The Bertz CT molecular complexity index is 654. The molecule has 1 aliphatic rings. The third kappa shape index (κ3) is 6.95. The maximum absolute atomic E-state index is 2.99. The van der Waals surface area contributed by atoms with Gasteiger partial charge in [-0.25, -0.2) is 12.2 Å². The Morgan fingerprint density at radius 1 is 1.00 bits per heavy atom. The molecule has 0 bridgehead atoms. The molecule has 3 rings (SSSR count). The summed E-state index contributed by atoms with van der Waals surface area (Å²) in [6.45, 7) is 11.3. The Kier molecular flexibility index (Phi) is 13.2. The molecule has 3 heteroatoms. The van der Waals surface area contributed by atoms with E-state index in [1.807, 2.05) is 12.2 Å². The summed E-state index contributed by atoms with van der Waals surface area (Å²) in [5.41, 5.74) is 4.33. The van der Waals surface area contributed by atoms with Gasteiger partial charge in [0.15, 0.2) is 0 Å². The average Bonchev–Trinajstić information content (AvgIpc) is 3.08. The Hall–Kier alpha value is -0.227. The molecule has 0 saturated carbocycles. The Balaban J connectivity index is 0. The minimum atomic E-state index is 0. The third-order valence-corrected chi connectivity index (χ3v) is 3.90. The van der Waals surface area contributed by atoms with Crippen LogP contribution in [-0.2, 0) is 26.2 Å². The molecule has 2 aromatic rings. The first kappa shape index (κ1) is 26.0. The van der Waals surface area contributed by atoms with Crippen molar-refractivity contribution in [1.82, 2.24) is 0 Å². The number of halogens is 2. The number of benzene rings is 1. The van der Waals surface area contributed by atoms with E-state index in [0.717, 1.165) is 6.42 Å². The van der Waals surface area contributed by atoms with E-state index in [9.17, 15) is 0 Å². The van der Waals surface area contributed by atoms with Crippen molar-refractivity contribution >= 4 is 10.8 Å². The smallest absolute Gasteiger partial charge is 1.00 e. The van der Waals surface area contributed by atoms with Crippen LogP contribution in [-0.4, -0.2) is 0 Å². The summed E-state index contributed by atoms with van der Waals surface area (Å²) < 4.78 is 0. The van der Waals surface area contributed by atoms with E-state index in [0.29, 0.717) is 11.8 Å². The monoisotopic (exact) mass is 438 g/mol. The van der Waals surface area contributed by atoms with Gasteiger partial charge in [-0.2, -0.15) is 12.1 Å². The van der Waals surface area contributed by atoms with Gasteiger partial charge >= 0.3 is 26.2 Å². The summed E-state index contributed by atoms with van der Waals surface area (Å²) in [5.74, 6) is 1.21. The summed E-state index contributed by atoms with van der Waals surface area (Å²) >= 11 is 0. The van der Waals surface area contributed by atoms with Crippen molar-refractivity contribution in [3.05, 3.63) is 65.3 Å². The molecule has 0 unspecified atom stereocenters. The van der Waals surface area contributed by atoms with Crippen LogP contribution >= 0.6 is 0 Å². The molecule has 0 heterocycles. The van der Waals surface area contributed by atoms with Crippen molar-refractivity contribution in [2.75, 3.05) is 0 Å². The molecule has 2 aromatic carbocycles. The van der Waals surface area contributed by atoms with Gasteiger partial charge in [-0.05, 0) is 11.8 Å². The van der Waals surface area contributed by atoms with Crippen molar-refractivity contribution in [1.29, 1.82) is 0 Å². The summed E-state index contributed by atoms with van der Waals surface area (Å²) in [4.78, 5) is 0. The van der Waals surface area contributed by atoms with Crippen molar-refractivity contribution in [3.8, 4) is 0 Å². The molecule has 0 saturated heterocycles. The molecule has 0 N–H and O–H groups in total. The zero-order valence-corrected chi connectivity index (χ0v) is 19.1. The first-order valence-electron chi connectivity index (χ1n) is 7.91. The number of hydrogen-bond donors (Lipinski definition) is 0. The van der Waals surface area contributed by atoms with E-state index in [2.05, 4.69) is 71.0 Å². The normalized spacial score (nSPS) is 11.6. The van der Waals surface area contributed by atoms with Crippen LogP contribution in [0.5, 0.6) is 0 Å². The van der Waals surface area contributed by atoms with Crippen LogP contribution in [0, 0.1) is 13.0 Å². The zero-order chi connectivity index (χ0) is 15.4. The van der Waals surface area contributed by atoms with Gasteiger partial charge in [0, 0.05) is 0 Å². The predicted octanol–water partition coefficient (Wildman–Crippen LogP) is 0.425. The van der Waals surface area contributed by atoms with Crippen LogP contribution in [0.25, 0.3) is 10.8 Å². The van der Waals surface area contributed by atoms with Gasteiger partial charge in [0.2, 0.25) is 0 Å². The molecular formula is C21H26Cl2Zr. The van der Waals surface area contributed by atoms with E-state index in [-0.39, 0.29) is 51.0 Å². The van der Waals surface area contributed by atoms with Crippen LogP contribution in [0.1, 0.15) is 62.6 Å². The molecule has 0 nitrogen and oxygen atoms in total. The molecule has 0 amide bonds. The topological polar surface area (TPSA) is 0 Å². The van der Waals surface area contributed by atoms with Gasteiger partial charge in [-0.15, -0.1) is 34.9 Å². The Labute approximate surface area is 179 Å². The molecule has 0 fully saturated rings. The van der Waals surface area contributed by atoms with E-state index in [4.69, 9.17) is 0 Å². The minimum absolute atomic E-state index is 0. The molecule has 128 valence electrons. The Morgan fingerprint density at radius 2 is 1.67 bits per heavy atom. The minimum Gasteiger partial charge on any atom is -1.00 e. The molecule has 0 aromatic heterocycles.